The van der Waals surface area contributed by atoms with E-state index in [0.717, 1.165) is 78.1 Å². The molecule has 3 heteroatoms. The van der Waals surface area contributed by atoms with Crippen LogP contribution >= 0.6 is 0 Å². The molecule has 1 aliphatic rings. The fraction of sp³-hybridized carbons (Fsp3) is 0.0536. The van der Waals surface area contributed by atoms with Crippen LogP contribution in [0.1, 0.15) is 30.5 Å². The highest BCUT2D eigenvalue weighted by molar-refractivity contribution is 5.86. The van der Waals surface area contributed by atoms with Crippen molar-refractivity contribution >= 4 is 0 Å². The van der Waals surface area contributed by atoms with E-state index in [1.807, 2.05) is 30.3 Å². The second-order valence-corrected chi connectivity index (χ2v) is 15.8. The van der Waals surface area contributed by atoms with E-state index < -0.39 is 0 Å². The molecular weight excluding hydrogens is 715 g/mol. The molecule has 59 heavy (non-hydrogen) atoms. The Labute approximate surface area is 345 Å². The van der Waals surface area contributed by atoms with Crippen molar-refractivity contribution < 1.29 is 0 Å². The van der Waals surface area contributed by atoms with E-state index in [0.29, 0.717) is 11.4 Å². The molecule has 10 rings (SSSR count). The molecular formula is C56H39N3. The van der Waals surface area contributed by atoms with Gasteiger partial charge in [0.15, 0.2) is 5.82 Å². The van der Waals surface area contributed by atoms with Gasteiger partial charge in [-0.3, -0.25) is 0 Å². The van der Waals surface area contributed by atoms with E-state index in [1.165, 1.54) is 16.7 Å². The van der Waals surface area contributed by atoms with Crippen molar-refractivity contribution in [1.82, 2.24) is 9.97 Å². The van der Waals surface area contributed by atoms with Crippen molar-refractivity contribution in [2.75, 3.05) is 0 Å². The molecule has 0 bridgehead atoms. The fourth-order valence-corrected chi connectivity index (χ4v) is 8.54. The van der Waals surface area contributed by atoms with E-state index in [-0.39, 0.29) is 5.41 Å². The Morgan fingerprint density at radius 1 is 0.356 bits per heavy atom. The Bertz CT molecular complexity index is 2980. The number of nitrogens with zero attached hydrogens (tertiary/aromatic N) is 3. The molecule has 1 heterocycles. The summed E-state index contributed by atoms with van der Waals surface area (Å²) in [6.07, 6.45) is 0. The van der Waals surface area contributed by atoms with Gasteiger partial charge in [0.25, 0.3) is 0 Å². The van der Waals surface area contributed by atoms with Crippen molar-refractivity contribution in [3.63, 3.8) is 0 Å². The molecule has 0 spiro atoms. The maximum atomic E-state index is 9.61. The number of nitriles is 1. The minimum absolute atomic E-state index is 0.108. The lowest BCUT2D eigenvalue weighted by molar-refractivity contribution is 0.660. The van der Waals surface area contributed by atoms with Gasteiger partial charge in [0.2, 0.25) is 0 Å². The zero-order chi connectivity index (χ0) is 39.9. The minimum atomic E-state index is -0.108. The van der Waals surface area contributed by atoms with E-state index in [4.69, 9.17) is 9.97 Å². The topological polar surface area (TPSA) is 49.6 Å². The largest absolute Gasteiger partial charge is 0.228 e. The Kier molecular flexibility index (Phi) is 8.89. The van der Waals surface area contributed by atoms with Gasteiger partial charge in [-0.15, -0.1) is 0 Å². The lowest BCUT2D eigenvalue weighted by Crippen LogP contribution is -2.14. The molecule has 0 aliphatic heterocycles. The molecule has 0 radical (unpaired) electrons. The van der Waals surface area contributed by atoms with Gasteiger partial charge in [-0.05, 0) is 109 Å². The Morgan fingerprint density at radius 2 is 0.763 bits per heavy atom. The van der Waals surface area contributed by atoms with Crippen LogP contribution in [0.4, 0.5) is 0 Å². The molecule has 1 aromatic heterocycles. The molecule has 0 saturated carbocycles. The van der Waals surface area contributed by atoms with Crippen molar-refractivity contribution in [3.05, 3.63) is 217 Å². The number of aromatic nitrogens is 2. The van der Waals surface area contributed by atoms with Gasteiger partial charge in [-0.1, -0.05) is 172 Å². The summed E-state index contributed by atoms with van der Waals surface area (Å²) in [6.45, 7) is 4.53. The van der Waals surface area contributed by atoms with Crippen LogP contribution in [0.3, 0.4) is 0 Å². The number of hydrogen-bond donors (Lipinski definition) is 0. The Morgan fingerprint density at radius 3 is 1.31 bits per heavy atom. The Balaban J connectivity index is 0.992. The van der Waals surface area contributed by atoms with Crippen molar-refractivity contribution in [2.45, 2.75) is 19.3 Å². The summed E-state index contributed by atoms with van der Waals surface area (Å²) in [5.74, 6) is 0.688. The third-order valence-electron chi connectivity index (χ3n) is 11.7. The molecule has 278 valence electrons. The van der Waals surface area contributed by atoms with Crippen molar-refractivity contribution in [1.29, 1.82) is 5.26 Å². The molecule has 0 N–H and O–H groups in total. The lowest BCUT2D eigenvalue weighted by Gasteiger charge is -2.21. The number of benzene rings is 8. The van der Waals surface area contributed by atoms with Crippen LogP contribution in [0.25, 0.3) is 89.5 Å². The summed E-state index contributed by atoms with van der Waals surface area (Å²) < 4.78 is 0. The van der Waals surface area contributed by atoms with Gasteiger partial charge in [-0.2, -0.15) is 5.26 Å². The van der Waals surface area contributed by atoms with E-state index in [9.17, 15) is 5.26 Å². The summed E-state index contributed by atoms with van der Waals surface area (Å²) >= 11 is 0. The first-order chi connectivity index (χ1) is 28.9. The van der Waals surface area contributed by atoms with Gasteiger partial charge >= 0.3 is 0 Å². The lowest BCUT2D eigenvalue weighted by atomic mass is 9.82. The maximum Gasteiger partial charge on any atom is 0.160 e. The average Bonchev–Trinajstić information content (AvgIpc) is 3.54. The predicted octanol–water partition coefficient (Wildman–Crippen LogP) is 14.3. The summed E-state index contributed by atoms with van der Waals surface area (Å²) in [4.78, 5) is 10.3. The monoisotopic (exact) mass is 753 g/mol. The SMILES string of the molecule is CC1(C)c2ccc(C#N)cc2-c2cc(-c3ccc(-c4ccc(-c5cc(-c6cc(-c7ccccc7)cc(-c7ccccc7)c6)nc(-c6ccccc6)n5)cc4)cc3)ccc21. The Hall–Kier alpha value is -7.67. The van der Waals surface area contributed by atoms with Gasteiger partial charge in [0, 0.05) is 22.1 Å². The maximum absolute atomic E-state index is 9.61. The molecule has 8 aromatic carbocycles. The van der Waals surface area contributed by atoms with Gasteiger partial charge in [0.05, 0.1) is 23.0 Å². The normalized spacial score (nSPS) is 12.4. The zero-order valence-corrected chi connectivity index (χ0v) is 32.9. The van der Waals surface area contributed by atoms with Gasteiger partial charge in [0.1, 0.15) is 0 Å². The van der Waals surface area contributed by atoms with Gasteiger partial charge in [-0.25, -0.2) is 9.97 Å². The standard InChI is InChI=1S/C56H39N3/c1-56(2)51-28-18-37(36-57)30-49(51)50-34-45(27-29-52(50)56)42-21-19-40(20-22-42)41-23-25-43(26-24-41)53-35-54(59-55(58-53)44-16-10-5-11-17-44)48-32-46(38-12-6-3-7-13-38)31-47(33-48)39-14-8-4-9-15-39/h3-35H,1-2H3. The zero-order valence-electron chi connectivity index (χ0n) is 32.9. The first-order valence-corrected chi connectivity index (χ1v) is 20.0. The number of fused-ring (bicyclic) bond motifs is 3. The quantitative estimate of drug-likeness (QED) is 0.163. The molecule has 9 aromatic rings. The number of rotatable bonds is 7. The summed E-state index contributed by atoms with van der Waals surface area (Å²) in [7, 11) is 0. The highest BCUT2D eigenvalue weighted by atomic mass is 14.9. The fourth-order valence-electron chi connectivity index (χ4n) is 8.54. The van der Waals surface area contributed by atoms with Crippen LogP contribution in [0.5, 0.6) is 0 Å². The van der Waals surface area contributed by atoms with E-state index in [2.05, 4.69) is 190 Å². The highest BCUT2D eigenvalue weighted by Crippen LogP contribution is 2.50. The molecule has 3 nitrogen and oxygen atoms in total. The second-order valence-electron chi connectivity index (χ2n) is 15.8. The molecule has 0 fully saturated rings. The average molecular weight is 754 g/mol. The van der Waals surface area contributed by atoms with Crippen LogP contribution in [-0.4, -0.2) is 9.97 Å². The smallest absolute Gasteiger partial charge is 0.160 e. The summed E-state index contributed by atoms with van der Waals surface area (Å²) in [6, 6.07) is 72.8. The molecule has 0 saturated heterocycles. The first kappa shape index (κ1) is 35.7. The van der Waals surface area contributed by atoms with Crippen LogP contribution in [0, 0.1) is 11.3 Å². The summed E-state index contributed by atoms with van der Waals surface area (Å²) in [5, 5.41) is 9.61. The summed E-state index contributed by atoms with van der Waals surface area (Å²) in [5.41, 5.74) is 19.5. The molecule has 1 aliphatic carbocycles. The van der Waals surface area contributed by atoms with Crippen LogP contribution in [0.15, 0.2) is 200 Å². The van der Waals surface area contributed by atoms with Crippen LogP contribution in [0.2, 0.25) is 0 Å². The van der Waals surface area contributed by atoms with Gasteiger partial charge < -0.3 is 0 Å². The van der Waals surface area contributed by atoms with E-state index >= 15 is 0 Å². The molecule has 0 amide bonds. The van der Waals surface area contributed by atoms with Crippen molar-refractivity contribution in [3.8, 4) is 95.6 Å². The first-order valence-electron chi connectivity index (χ1n) is 20.0. The molecule has 0 unspecified atom stereocenters. The highest BCUT2D eigenvalue weighted by Gasteiger charge is 2.35. The second kappa shape index (κ2) is 14.7. The van der Waals surface area contributed by atoms with E-state index in [1.54, 1.807) is 0 Å². The van der Waals surface area contributed by atoms with Crippen LogP contribution < -0.4 is 0 Å². The number of hydrogen-bond acceptors (Lipinski definition) is 3. The van der Waals surface area contributed by atoms with Crippen molar-refractivity contribution in [2.24, 2.45) is 0 Å². The molecule has 0 atom stereocenters. The minimum Gasteiger partial charge on any atom is -0.228 e. The third kappa shape index (κ3) is 6.71. The van der Waals surface area contributed by atoms with Crippen LogP contribution in [-0.2, 0) is 5.41 Å². The third-order valence-corrected chi connectivity index (χ3v) is 11.7. The predicted molar refractivity (Wildman–Crippen MR) is 242 cm³/mol.